The number of aliphatic carboxylic acids is 1. The summed E-state index contributed by atoms with van der Waals surface area (Å²) in [6.45, 7) is 1.94. The van der Waals surface area contributed by atoms with Crippen LogP contribution in [0.5, 0.6) is 0 Å². The number of aromatic nitrogens is 1. The summed E-state index contributed by atoms with van der Waals surface area (Å²) in [7, 11) is 0. The van der Waals surface area contributed by atoms with Crippen LogP contribution in [0.25, 0.3) is 10.2 Å². The maximum absolute atomic E-state index is 13.8. The van der Waals surface area contributed by atoms with Gasteiger partial charge in [-0.25, -0.2) is 18.2 Å². The molecule has 0 bridgehead atoms. The third kappa shape index (κ3) is 5.53. The van der Waals surface area contributed by atoms with Crippen LogP contribution in [0, 0.1) is 17.5 Å². The van der Waals surface area contributed by atoms with E-state index in [1.54, 1.807) is 6.08 Å². The molecule has 27 heavy (non-hydrogen) atoms. The second kappa shape index (κ2) is 9.50. The lowest BCUT2D eigenvalue weighted by Crippen LogP contribution is -2.25. The van der Waals surface area contributed by atoms with Gasteiger partial charge in [0.1, 0.15) is 16.3 Å². The fourth-order valence-electron chi connectivity index (χ4n) is 2.35. The van der Waals surface area contributed by atoms with Gasteiger partial charge in [-0.3, -0.25) is 9.59 Å². The van der Waals surface area contributed by atoms with E-state index in [4.69, 9.17) is 5.11 Å². The Morgan fingerprint density at radius 1 is 1.26 bits per heavy atom. The summed E-state index contributed by atoms with van der Waals surface area (Å²) < 4.78 is 40.9. The van der Waals surface area contributed by atoms with Crippen LogP contribution in [0.2, 0.25) is 0 Å². The van der Waals surface area contributed by atoms with Gasteiger partial charge in [-0.15, -0.1) is 11.3 Å². The number of carbonyl (C=O) groups is 2. The van der Waals surface area contributed by atoms with Gasteiger partial charge in [0.2, 0.25) is 5.91 Å². The lowest BCUT2D eigenvalue weighted by Gasteiger charge is -2.16. The van der Waals surface area contributed by atoms with Crippen LogP contribution in [-0.2, 0) is 16.1 Å². The van der Waals surface area contributed by atoms with Crippen molar-refractivity contribution in [3.05, 3.63) is 40.8 Å². The minimum atomic E-state index is -1.33. The van der Waals surface area contributed by atoms with Crippen molar-refractivity contribution in [3.8, 4) is 0 Å². The minimum Gasteiger partial charge on any atom is -0.481 e. The van der Waals surface area contributed by atoms with Crippen LogP contribution in [0.4, 0.5) is 13.2 Å². The maximum atomic E-state index is 13.8. The molecule has 0 spiro atoms. The van der Waals surface area contributed by atoms with E-state index in [2.05, 4.69) is 4.98 Å². The van der Waals surface area contributed by atoms with Gasteiger partial charge in [0.25, 0.3) is 0 Å². The molecule has 146 valence electrons. The number of carboxylic acids is 1. The van der Waals surface area contributed by atoms with Gasteiger partial charge >= 0.3 is 5.97 Å². The van der Waals surface area contributed by atoms with Gasteiger partial charge in [-0.05, 0) is 6.42 Å². The van der Waals surface area contributed by atoms with E-state index < -0.39 is 34.8 Å². The first kappa shape index (κ1) is 20.9. The first-order chi connectivity index (χ1) is 12.8. The average molecular weight is 400 g/mol. The molecular formula is C18H19F3N2O3S. The van der Waals surface area contributed by atoms with E-state index in [9.17, 15) is 22.8 Å². The number of amides is 1. The molecule has 2 rings (SSSR count). The monoisotopic (exact) mass is 400 g/mol. The molecule has 1 aromatic carbocycles. The molecule has 0 saturated heterocycles. The van der Waals surface area contributed by atoms with Crippen molar-refractivity contribution >= 4 is 33.4 Å². The van der Waals surface area contributed by atoms with E-state index >= 15 is 0 Å². The number of thiazole rings is 1. The number of hydrogen-bond donors (Lipinski definition) is 1. The highest BCUT2D eigenvalue weighted by Gasteiger charge is 2.20. The lowest BCUT2D eigenvalue weighted by molar-refractivity contribution is -0.140. The summed E-state index contributed by atoms with van der Waals surface area (Å²) in [4.78, 5) is 28.2. The maximum Gasteiger partial charge on any atom is 0.303 e. The normalized spacial score (nSPS) is 11.4. The largest absolute Gasteiger partial charge is 0.481 e. The van der Waals surface area contributed by atoms with E-state index in [1.165, 1.54) is 11.1 Å². The van der Waals surface area contributed by atoms with Crippen molar-refractivity contribution in [1.82, 2.24) is 9.88 Å². The summed E-state index contributed by atoms with van der Waals surface area (Å²) in [6.07, 6.45) is 5.38. The number of rotatable bonds is 9. The highest BCUT2D eigenvalue weighted by Crippen LogP contribution is 2.29. The third-order valence-corrected chi connectivity index (χ3v) is 4.80. The van der Waals surface area contributed by atoms with Crippen LogP contribution in [0.3, 0.4) is 0 Å². The summed E-state index contributed by atoms with van der Waals surface area (Å²) >= 11 is 0.824. The molecule has 1 aromatic heterocycles. The summed E-state index contributed by atoms with van der Waals surface area (Å²) in [6, 6.07) is 0.458. The first-order valence-electron chi connectivity index (χ1n) is 8.44. The van der Waals surface area contributed by atoms with Gasteiger partial charge in [0.05, 0.1) is 17.7 Å². The minimum absolute atomic E-state index is 0.0824. The second-order valence-electron chi connectivity index (χ2n) is 5.88. The van der Waals surface area contributed by atoms with Crippen molar-refractivity contribution in [2.24, 2.45) is 0 Å². The molecule has 0 aliphatic heterocycles. The Kier molecular flexibility index (Phi) is 7.35. The quantitative estimate of drug-likeness (QED) is 0.493. The number of carboxylic acid groups (broad SMARTS) is 1. The fraction of sp³-hybridized carbons (Fsp3) is 0.389. The van der Waals surface area contributed by atoms with Crippen LogP contribution >= 0.6 is 11.3 Å². The molecule has 0 aliphatic carbocycles. The van der Waals surface area contributed by atoms with Crippen molar-refractivity contribution in [2.75, 3.05) is 0 Å². The highest BCUT2D eigenvalue weighted by molar-refractivity contribution is 7.18. The number of unbranched alkanes of at least 4 members (excludes halogenated alkanes) is 2. The van der Waals surface area contributed by atoms with E-state index in [-0.39, 0.29) is 29.1 Å². The summed E-state index contributed by atoms with van der Waals surface area (Å²) in [5.41, 5.74) is -0.416. The highest BCUT2D eigenvalue weighted by atomic mass is 32.1. The fourth-order valence-corrected chi connectivity index (χ4v) is 3.31. The van der Waals surface area contributed by atoms with E-state index in [1.807, 2.05) is 6.92 Å². The Hall–Kier alpha value is -2.42. The van der Waals surface area contributed by atoms with Gasteiger partial charge in [0, 0.05) is 18.7 Å². The Balaban J connectivity index is 2.25. The summed E-state index contributed by atoms with van der Waals surface area (Å²) in [5.74, 6) is -5.04. The molecule has 2 aromatic rings. The Bertz CT molecular complexity index is 867. The third-order valence-electron chi connectivity index (χ3n) is 3.75. The number of allylic oxidation sites excluding steroid dienone is 1. The molecule has 1 heterocycles. The number of benzene rings is 1. The van der Waals surface area contributed by atoms with Crippen molar-refractivity contribution in [3.63, 3.8) is 0 Å². The number of fused-ring (bicyclic) bond motifs is 1. The van der Waals surface area contributed by atoms with Gasteiger partial charge in [-0.2, -0.15) is 0 Å². The van der Waals surface area contributed by atoms with Crippen LogP contribution in [0.1, 0.15) is 44.0 Å². The zero-order chi connectivity index (χ0) is 20.0. The van der Waals surface area contributed by atoms with E-state index in [0.29, 0.717) is 6.07 Å². The number of nitrogens with zero attached hydrogens (tertiary/aromatic N) is 2. The summed E-state index contributed by atoms with van der Waals surface area (Å²) in [5, 5.41) is 8.96. The van der Waals surface area contributed by atoms with Crippen molar-refractivity contribution < 1.29 is 27.9 Å². The van der Waals surface area contributed by atoms with Crippen LogP contribution in [0.15, 0.2) is 18.3 Å². The molecule has 1 amide bonds. The van der Waals surface area contributed by atoms with Crippen LogP contribution < -0.4 is 0 Å². The Morgan fingerprint density at radius 3 is 2.67 bits per heavy atom. The SMILES string of the molecule is CCCCC=CN(Cc1nc2c(F)c(F)cc(F)c2s1)C(=O)CCC(=O)O. The topological polar surface area (TPSA) is 70.5 Å². The molecule has 0 atom stereocenters. The van der Waals surface area contributed by atoms with Gasteiger partial charge in [0.15, 0.2) is 11.6 Å². The zero-order valence-corrected chi connectivity index (χ0v) is 15.5. The zero-order valence-electron chi connectivity index (χ0n) is 14.7. The molecule has 0 saturated carbocycles. The average Bonchev–Trinajstić information content (AvgIpc) is 3.05. The number of halogens is 3. The lowest BCUT2D eigenvalue weighted by atomic mass is 10.2. The molecule has 9 heteroatoms. The molecule has 0 radical (unpaired) electrons. The standard InChI is InChI=1S/C18H19F3N2O3S/c1-2-3-4-5-8-23(14(24)6-7-15(25)26)10-13-22-17-16(21)11(19)9-12(20)18(17)27-13/h5,8-9H,2-4,6-7,10H2,1H3,(H,25,26). The second-order valence-corrected chi connectivity index (χ2v) is 6.97. The molecule has 0 aliphatic rings. The predicted molar refractivity (Wildman–Crippen MR) is 95.6 cm³/mol. The van der Waals surface area contributed by atoms with Crippen molar-refractivity contribution in [1.29, 1.82) is 0 Å². The molecule has 5 nitrogen and oxygen atoms in total. The number of hydrogen-bond acceptors (Lipinski definition) is 4. The molecule has 0 fully saturated rings. The smallest absolute Gasteiger partial charge is 0.303 e. The molecular weight excluding hydrogens is 381 g/mol. The van der Waals surface area contributed by atoms with Crippen molar-refractivity contribution in [2.45, 2.75) is 45.6 Å². The van der Waals surface area contributed by atoms with Gasteiger partial charge in [-0.1, -0.05) is 25.8 Å². The molecule has 0 unspecified atom stereocenters. The Labute approximate surface area is 158 Å². The van der Waals surface area contributed by atoms with E-state index in [0.717, 1.165) is 30.6 Å². The molecule has 1 N–H and O–H groups in total. The van der Waals surface area contributed by atoms with Crippen LogP contribution in [-0.4, -0.2) is 26.9 Å². The number of carbonyl (C=O) groups excluding carboxylic acids is 1. The predicted octanol–water partition coefficient (Wildman–Crippen LogP) is 4.61. The van der Waals surface area contributed by atoms with Gasteiger partial charge < -0.3 is 10.0 Å². The Morgan fingerprint density at radius 2 is 2.00 bits per heavy atom. The first-order valence-corrected chi connectivity index (χ1v) is 9.26.